The number of hydrogen-bond acceptors (Lipinski definition) is 4. The first-order valence-corrected chi connectivity index (χ1v) is 5.75. The summed E-state index contributed by atoms with van der Waals surface area (Å²) in [6.07, 6.45) is 1.47. The van der Waals surface area contributed by atoms with Gasteiger partial charge in [-0.3, -0.25) is 9.36 Å². The van der Waals surface area contributed by atoms with Crippen molar-refractivity contribution < 1.29 is 4.79 Å². The van der Waals surface area contributed by atoms with Crippen LogP contribution in [-0.2, 0) is 4.79 Å². The van der Waals surface area contributed by atoms with Crippen molar-refractivity contribution in [2.75, 3.05) is 5.88 Å². The third-order valence-electron chi connectivity index (χ3n) is 2.45. The number of alkyl halides is 1. The Labute approximate surface area is 109 Å². The molecule has 1 aromatic heterocycles. The van der Waals surface area contributed by atoms with Gasteiger partial charge in [-0.25, -0.2) is 0 Å². The fourth-order valence-corrected chi connectivity index (χ4v) is 1.73. The van der Waals surface area contributed by atoms with Gasteiger partial charge in [0.15, 0.2) is 17.5 Å². The molecule has 0 amide bonds. The van der Waals surface area contributed by atoms with E-state index in [4.69, 9.17) is 16.9 Å². The smallest absolute Gasteiger partial charge is 0.172 e. The molecule has 0 bridgehead atoms. The van der Waals surface area contributed by atoms with E-state index in [1.165, 1.54) is 6.33 Å². The van der Waals surface area contributed by atoms with Crippen LogP contribution in [0.1, 0.15) is 11.7 Å². The van der Waals surface area contributed by atoms with Crippen LogP contribution in [-0.4, -0.2) is 26.4 Å². The third kappa shape index (κ3) is 2.24. The lowest BCUT2D eigenvalue weighted by Gasteiger charge is -2.08. The number of carbonyl (C=O) groups is 1. The second-order valence-electron chi connectivity index (χ2n) is 3.56. The molecule has 2 aromatic rings. The van der Waals surface area contributed by atoms with Gasteiger partial charge in [0.05, 0.1) is 11.9 Å². The number of rotatable bonds is 4. The average molecular weight is 261 g/mol. The molecule has 0 spiro atoms. The Balaban J connectivity index is 2.45. The number of nitriles is 1. The predicted molar refractivity (Wildman–Crippen MR) is 65.4 cm³/mol. The van der Waals surface area contributed by atoms with E-state index in [0.717, 1.165) is 5.69 Å². The summed E-state index contributed by atoms with van der Waals surface area (Å²) in [5.74, 6) is -1.32. The van der Waals surface area contributed by atoms with Crippen molar-refractivity contribution in [1.82, 2.24) is 14.8 Å². The molecule has 0 unspecified atom stereocenters. The van der Waals surface area contributed by atoms with Gasteiger partial charge in [-0.15, -0.1) is 21.8 Å². The molecule has 1 aromatic carbocycles. The second-order valence-corrected chi connectivity index (χ2v) is 3.82. The lowest BCUT2D eigenvalue weighted by Crippen LogP contribution is -2.16. The maximum absolute atomic E-state index is 11.6. The van der Waals surface area contributed by atoms with Gasteiger partial charge in [-0.05, 0) is 12.1 Å². The molecule has 0 radical (unpaired) electrons. The van der Waals surface area contributed by atoms with Gasteiger partial charge in [-0.1, -0.05) is 18.2 Å². The van der Waals surface area contributed by atoms with Crippen LogP contribution in [0, 0.1) is 11.3 Å². The number of Topliss-reactive ketones (excluding diaryl/α,β-unsaturated/α-hetero) is 1. The highest BCUT2D eigenvalue weighted by Crippen LogP contribution is 2.18. The van der Waals surface area contributed by atoms with E-state index in [-0.39, 0.29) is 17.5 Å². The molecule has 0 saturated heterocycles. The zero-order valence-electron chi connectivity index (χ0n) is 9.32. The summed E-state index contributed by atoms with van der Waals surface area (Å²) in [5, 5.41) is 16.7. The number of para-hydroxylation sites is 1. The van der Waals surface area contributed by atoms with E-state index in [1.807, 2.05) is 36.4 Å². The van der Waals surface area contributed by atoms with Crippen molar-refractivity contribution in [2.24, 2.45) is 0 Å². The SMILES string of the molecule is N#C[C@@H](C(=O)CCl)c1nncn1-c1ccccc1. The Bertz CT molecular complexity index is 588. The van der Waals surface area contributed by atoms with Gasteiger partial charge >= 0.3 is 0 Å². The van der Waals surface area contributed by atoms with Crippen molar-refractivity contribution >= 4 is 17.4 Å². The number of hydrogen-bond donors (Lipinski definition) is 0. The number of nitrogens with zero attached hydrogens (tertiary/aromatic N) is 4. The molecule has 0 aliphatic rings. The van der Waals surface area contributed by atoms with E-state index in [9.17, 15) is 4.79 Å². The zero-order valence-corrected chi connectivity index (χ0v) is 10.1. The van der Waals surface area contributed by atoms with Crippen LogP contribution in [0.25, 0.3) is 5.69 Å². The van der Waals surface area contributed by atoms with Gasteiger partial charge in [-0.2, -0.15) is 5.26 Å². The first-order chi connectivity index (χ1) is 8.77. The van der Waals surface area contributed by atoms with Gasteiger partial charge in [0.25, 0.3) is 0 Å². The minimum Gasteiger partial charge on any atom is -0.296 e. The maximum atomic E-state index is 11.6. The molecule has 0 aliphatic heterocycles. The van der Waals surface area contributed by atoms with Gasteiger partial charge in [0.1, 0.15) is 6.33 Å². The molecule has 0 N–H and O–H groups in total. The lowest BCUT2D eigenvalue weighted by atomic mass is 10.1. The summed E-state index contributed by atoms with van der Waals surface area (Å²) < 4.78 is 1.61. The van der Waals surface area contributed by atoms with Crippen molar-refractivity contribution in [2.45, 2.75) is 5.92 Å². The monoisotopic (exact) mass is 260 g/mol. The molecule has 0 fully saturated rings. The second kappa shape index (κ2) is 5.43. The minimum atomic E-state index is -0.995. The Hall–Kier alpha value is -2.19. The summed E-state index contributed by atoms with van der Waals surface area (Å²) in [5.41, 5.74) is 0.792. The number of carbonyl (C=O) groups excluding carboxylic acids is 1. The van der Waals surface area contributed by atoms with Gasteiger partial charge in [0, 0.05) is 5.69 Å². The van der Waals surface area contributed by atoms with E-state index < -0.39 is 5.92 Å². The Morgan fingerprint density at radius 2 is 2.17 bits per heavy atom. The highest BCUT2D eigenvalue weighted by molar-refractivity contribution is 6.28. The van der Waals surface area contributed by atoms with Crippen LogP contribution in [0.5, 0.6) is 0 Å². The summed E-state index contributed by atoms with van der Waals surface area (Å²) >= 11 is 5.48. The molecule has 18 heavy (non-hydrogen) atoms. The third-order valence-corrected chi connectivity index (χ3v) is 2.71. The summed E-state index contributed by atoms with van der Waals surface area (Å²) in [7, 11) is 0. The molecule has 5 nitrogen and oxygen atoms in total. The minimum absolute atomic E-state index is 0.222. The van der Waals surface area contributed by atoms with Crippen LogP contribution in [0.3, 0.4) is 0 Å². The van der Waals surface area contributed by atoms with Crippen molar-refractivity contribution in [3.63, 3.8) is 0 Å². The quantitative estimate of drug-likeness (QED) is 0.784. The normalized spacial score (nSPS) is 11.8. The fraction of sp³-hybridized carbons (Fsp3) is 0.167. The largest absolute Gasteiger partial charge is 0.296 e. The molecule has 0 saturated carbocycles. The molecular formula is C12H9ClN4O. The Morgan fingerprint density at radius 3 is 2.78 bits per heavy atom. The van der Waals surface area contributed by atoms with Crippen molar-refractivity contribution in [1.29, 1.82) is 5.26 Å². The lowest BCUT2D eigenvalue weighted by molar-refractivity contribution is -0.117. The number of ketones is 1. The topological polar surface area (TPSA) is 71.6 Å². The van der Waals surface area contributed by atoms with Crippen molar-refractivity contribution in [3.8, 4) is 11.8 Å². The predicted octanol–water partition coefficient (Wildman–Crippen LogP) is 1.68. The molecule has 6 heteroatoms. The zero-order chi connectivity index (χ0) is 13.0. The van der Waals surface area contributed by atoms with Crippen LogP contribution in [0.15, 0.2) is 36.7 Å². The van der Waals surface area contributed by atoms with E-state index in [1.54, 1.807) is 4.57 Å². The molecule has 90 valence electrons. The number of halogens is 1. The average Bonchev–Trinajstić information content (AvgIpc) is 2.89. The van der Waals surface area contributed by atoms with Crippen LogP contribution >= 0.6 is 11.6 Å². The Kier molecular flexibility index (Phi) is 3.70. The summed E-state index contributed by atoms with van der Waals surface area (Å²) in [4.78, 5) is 11.6. The van der Waals surface area contributed by atoms with E-state index in [0.29, 0.717) is 0 Å². The van der Waals surface area contributed by atoms with Crippen molar-refractivity contribution in [3.05, 3.63) is 42.5 Å². The van der Waals surface area contributed by atoms with Crippen LogP contribution in [0.4, 0.5) is 0 Å². The standard InChI is InChI=1S/C12H9ClN4O/c13-6-11(18)10(7-14)12-16-15-8-17(12)9-4-2-1-3-5-9/h1-5,8,10H,6H2/t10-/m0/s1. The van der Waals surface area contributed by atoms with E-state index >= 15 is 0 Å². The first kappa shape index (κ1) is 12.3. The van der Waals surface area contributed by atoms with Gasteiger partial charge < -0.3 is 0 Å². The maximum Gasteiger partial charge on any atom is 0.172 e. The first-order valence-electron chi connectivity index (χ1n) is 5.21. The highest BCUT2D eigenvalue weighted by atomic mass is 35.5. The molecule has 2 rings (SSSR count). The van der Waals surface area contributed by atoms with E-state index in [2.05, 4.69) is 10.2 Å². The highest BCUT2D eigenvalue weighted by Gasteiger charge is 2.25. The summed E-state index contributed by atoms with van der Waals surface area (Å²) in [6, 6.07) is 11.2. The number of aromatic nitrogens is 3. The Morgan fingerprint density at radius 1 is 1.44 bits per heavy atom. The molecule has 1 heterocycles. The molecule has 1 atom stereocenters. The molecular weight excluding hydrogens is 252 g/mol. The fourth-order valence-electron chi connectivity index (χ4n) is 1.58. The summed E-state index contributed by atoms with van der Waals surface area (Å²) in [6.45, 7) is 0. The van der Waals surface area contributed by atoms with Crippen LogP contribution in [0.2, 0.25) is 0 Å². The molecule has 0 aliphatic carbocycles. The van der Waals surface area contributed by atoms with Crippen LogP contribution < -0.4 is 0 Å². The van der Waals surface area contributed by atoms with Gasteiger partial charge in [0.2, 0.25) is 0 Å². The number of benzene rings is 1.